The van der Waals surface area contributed by atoms with Crippen molar-refractivity contribution in [3.05, 3.63) is 72.1 Å². The normalized spacial score (nSPS) is 10.7. The van der Waals surface area contributed by atoms with E-state index in [0.717, 1.165) is 41.8 Å². The van der Waals surface area contributed by atoms with Crippen molar-refractivity contribution in [1.29, 1.82) is 0 Å². The van der Waals surface area contributed by atoms with E-state index >= 15 is 0 Å². The van der Waals surface area contributed by atoms with Gasteiger partial charge in [0, 0.05) is 19.5 Å². The highest BCUT2D eigenvalue weighted by Gasteiger charge is 2.12. The fourth-order valence-electron chi connectivity index (χ4n) is 3.14. The maximum absolute atomic E-state index is 12.4. The van der Waals surface area contributed by atoms with Crippen molar-refractivity contribution in [2.24, 2.45) is 0 Å². The van der Waals surface area contributed by atoms with E-state index in [-0.39, 0.29) is 5.91 Å². The van der Waals surface area contributed by atoms with Crippen LogP contribution in [-0.4, -0.2) is 29.1 Å². The Morgan fingerprint density at radius 3 is 2.70 bits per heavy atom. The summed E-state index contributed by atoms with van der Waals surface area (Å²) in [4.78, 5) is 17.1. The van der Waals surface area contributed by atoms with Crippen LogP contribution in [0.25, 0.3) is 11.0 Å². The Kier molecular flexibility index (Phi) is 5.91. The first-order valence-corrected chi connectivity index (χ1v) is 9.10. The van der Waals surface area contributed by atoms with E-state index in [2.05, 4.69) is 22.5 Å². The number of carbonyl (C=O) groups excluding carboxylic acids is 1. The molecule has 5 nitrogen and oxygen atoms in total. The van der Waals surface area contributed by atoms with Crippen molar-refractivity contribution in [2.75, 3.05) is 13.7 Å². The fourth-order valence-corrected chi connectivity index (χ4v) is 3.14. The minimum Gasteiger partial charge on any atom is -0.496 e. The van der Waals surface area contributed by atoms with Crippen LogP contribution in [0.5, 0.6) is 5.75 Å². The second kappa shape index (κ2) is 8.54. The number of imidazole rings is 1. The molecule has 3 aromatic rings. The third-order valence-electron chi connectivity index (χ3n) is 4.38. The third kappa shape index (κ3) is 4.37. The van der Waals surface area contributed by atoms with Gasteiger partial charge in [-0.15, -0.1) is 0 Å². The van der Waals surface area contributed by atoms with Gasteiger partial charge in [0.1, 0.15) is 11.6 Å². The molecule has 0 spiro atoms. The molecule has 27 heavy (non-hydrogen) atoms. The van der Waals surface area contributed by atoms with Crippen LogP contribution in [0.1, 0.15) is 29.5 Å². The van der Waals surface area contributed by atoms with Gasteiger partial charge in [-0.25, -0.2) is 4.98 Å². The van der Waals surface area contributed by atoms with Gasteiger partial charge in [-0.2, -0.15) is 0 Å². The first-order chi connectivity index (χ1) is 13.1. The Hall–Kier alpha value is -3.08. The second-order valence-electron chi connectivity index (χ2n) is 6.62. The number of methoxy groups -OCH3 is 1. The zero-order chi connectivity index (χ0) is 19.2. The summed E-state index contributed by atoms with van der Waals surface area (Å²) in [7, 11) is 1.57. The van der Waals surface area contributed by atoms with E-state index in [0.29, 0.717) is 17.9 Å². The number of aromatic nitrogens is 2. The molecule has 0 aliphatic heterocycles. The van der Waals surface area contributed by atoms with Crippen molar-refractivity contribution in [3.63, 3.8) is 0 Å². The summed E-state index contributed by atoms with van der Waals surface area (Å²) in [5, 5.41) is 2.96. The summed E-state index contributed by atoms with van der Waals surface area (Å²) in [6.07, 6.45) is 1.59. The van der Waals surface area contributed by atoms with Crippen molar-refractivity contribution in [3.8, 4) is 5.75 Å². The first-order valence-electron chi connectivity index (χ1n) is 9.10. The molecule has 2 aromatic carbocycles. The molecule has 1 amide bonds. The predicted octanol–water partition coefficient (Wildman–Crippen LogP) is 3.98. The van der Waals surface area contributed by atoms with E-state index in [9.17, 15) is 4.79 Å². The first kappa shape index (κ1) is 18.7. The monoisotopic (exact) mass is 363 g/mol. The van der Waals surface area contributed by atoms with Gasteiger partial charge >= 0.3 is 0 Å². The Bertz CT molecular complexity index is 959. The highest BCUT2D eigenvalue weighted by Crippen LogP contribution is 2.19. The Morgan fingerprint density at radius 1 is 1.19 bits per heavy atom. The molecule has 1 N–H and O–H groups in total. The summed E-state index contributed by atoms with van der Waals surface area (Å²) in [5.41, 5.74) is 3.75. The summed E-state index contributed by atoms with van der Waals surface area (Å²) in [6, 6.07) is 15.4. The van der Waals surface area contributed by atoms with Crippen LogP contribution in [0.15, 0.2) is 60.7 Å². The van der Waals surface area contributed by atoms with Crippen LogP contribution >= 0.6 is 0 Å². The third-order valence-corrected chi connectivity index (χ3v) is 4.38. The molecule has 5 heteroatoms. The standard InChI is InChI=1S/C22H25N3O2/c1-16(2)15-25-19-11-6-5-10-18(19)24-21(25)13-8-14-23-22(26)17-9-4-7-12-20(17)27-3/h4-7,9-12H,1,8,13-15H2,2-3H3,(H,23,26). The molecule has 0 saturated heterocycles. The quantitative estimate of drug-likeness (QED) is 0.486. The minimum absolute atomic E-state index is 0.122. The molecule has 0 fully saturated rings. The predicted molar refractivity (Wildman–Crippen MR) is 108 cm³/mol. The van der Waals surface area contributed by atoms with Gasteiger partial charge in [-0.1, -0.05) is 36.4 Å². The zero-order valence-electron chi connectivity index (χ0n) is 15.9. The molecule has 0 radical (unpaired) electrons. The molecule has 3 rings (SSSR count). The minimum atomic E-state index is -0.122. The molecule has 0 atom stereocenters. The van der Waals surface area contributed by atoms with Crippen LogP contribution in [0.2, 0.25) is 0 Å². The number of nitrogens with one attached hydrogen (secondary N) is 1. The van der Waals surface area contributed by atoms with Crippen molar-refractivity contribution >= 4 is 16.9 Å². The van der Waals surface area contributed by atoms with E-state index in [1.165, 1.54) is 0 Å². The van der Waals surface area contributed by atoms with E-state index in [4.69, 9.17) is 9.72 Å². The van der Waals surface area contributed by atoms with Crippen LogP contribution in [0.3, 0.4) is 0 Å². The molecule has 1 aromatic heterocycles. The Balaban J connectivity index is 1.64. The van der Waals surface area contributed by atoms with E-state index in [1.54, 1.807) is 19.2 Å². The number of fused-ring (bicyclic) bond motifs is 1. The van der Waals surface area contributed by atoms with Crippen LogP contribution in [0, 0.1) is 0 Å². The second-order valence-corrected chi connectivity index (χ2v) is 6.62. The summed E-state index contributed by atoms with van der Waals surface area (Å²) in [6.45, 7) is 7.38. The lowest BCUT2D eigenvalue weighted by molar-refractivity contribution is 0.0950. The molecule has 0 unspecified atom stereocenters. The number of benzene rings is 2. The number of rotatable bonds is 8. The molecular weight excluding hydrogens is 338 g/mol. The molecule has 0 aliphatic carbocycles. The fraction of sp³-hybridized carbons (Fsp3) is 0.273. The number of ether oxygens (including phenoxy) is 1. The number of amides is 1. The molecule has 0 bridgehead atoms. The van der Waals surface area contributed by atoms with Crippen LogP contribution in [0.4, 0.5) is 0 Å². The number of para-hydroxylation sites is 3. The van der Waals surface area contributed by atoms with Gasteiger partial charge in [-0.3, -0.25) is 4.79 Å². The van der Waals surface area contributed by atoms with Crippen LogP contribution < -0.4 is 10.1 Å². The van der Waals surface area contributed by atoms with Gasteiger partial charge in [0.2, 0.25) is 0 Å². The molecular formula is C22H25N3O2. The smallest absolute Gasteiger partial charge is 0.255 e. The average molecular weight is 363 g/mol. The van der Waals surface area contributed by atoms with Gasteiger partial charge in [0.25, 0.3) is 5.91 Å². The summed E-state index contributed by atoms with van der Waals surface area (Å²) in [5.74, 6) is 1.48. The number of hydrogen-bond acceptors (Lipinski definition) is 3. The number of allylic oxidation sites excluding steroid dienone is 1. The number of aryl methyl sites for hydroxylation is 1. The zero-order valence-corrected chi connectivity index (χ0v) is 15.9. The largest absolute Gasteiger partial charge is 0.496 e. The van der Waals surface area contributed by atoms with E-state index in [1.807, 2.05) is 37.3 Å². The molecule has 1 heterocycles. The maximum Gasteiger partial charge on any atom is 0.255 e. The number of carbonyl (C=O) groups is 1. The van der Waals surface area contributed by atoms with Gasteiger partial charge in [-0.05, 0) is 37.6 Å². The lowest BCUT2D eigenvalue weighted by atomic mass is 10.2. The summed E-state index contributed by atoms with van der Waals surface area (Å²) >= 11 is 0. The van der Waals surface area contributed by atoms with Crippen molar-refractivity contribution in [1.82, 2.24) is 14.9 Å². The van der Waals surface area contributed by atoms with Gasteiger partial charge < -0.3 is 14.6 Å². The lowest BCUT2D eigenvalue weighted by Gasteiger charge is -2.10. The van der Waals surface area contributed by atoms with Crippen molar-refractivity contribution < 1.29 is 9.53 Å². The van der Waals surface area contributed by atoms with Gasteiger partial charge in [0.15, 0.2) is 0 Å². The van der Waals surface area contributed by atoms with Crippen molar-refractivity contribution in [2.45, 2.75) is 26.3 Å². The number of nitrogens with zero attached hydrogens (tertiary/aromatic N) is 2. The van der Waals surface area contributed by atoms with Crippen LogP contribution in [-0.2, 0) is 13.0 Å². The Morgan fingerprint density at radius 2 is 1.93 bits per heavy atom. The molecule has 0 saturated carbocycles. The Labute approximate surface area is 159 Å². The molecule has 140 valence electrons. The maximum atomic E-state index is 12.4. The molecule has 0 aliphatic rings. The highest BCUT2D eigenvalue weighted by molar-refractivity contribution is 5.96. The highest BCUT2D eigenvalue weighted by atomic mass is 16.5. The summed E-state index contributed by atoms with van der Waals surface area (Å²) < 4.78 is 7.45. The topological polar surface area (TPSA) is 56.2 Å². The lowest BCUT2D eigenvalue weighted by Crippen LogP contribution is -2.25. The SMILES string of the molecule is C=C(C)Cn1c(CCCNC(=O)c2ccccc2OC)nc2ccccc21. The average Bonchev–Trinajstić information content (AvgIpc) is 3.02. The van der Waals surface area contributed by atoms with Gasteiger partial charge in [0.05, 0.1) is 23.7 Å². The van der Waals surface area contributed by atoms with E-state index < -0.39 is 0 Å². The number of hydrogen-bond donors (Lipinski definition) is 1.